The summed E-state index contributed by atoms with van der Waals surface area (Å²) in [5, 5.41) is 9.37. The Kier molecular flexibility index (Phi) is 6.74. The van der Waals surface area contributed by atoms with Crippen LogP contribution in [0.4, 0.5) is 14.7 Å². The molecule has 0 atom stereocenters. The molecular weight excluding hydrogens is 508 g/mol. The number of aromatic nitrogens is 6. The normalized spacial score (nSPS) is 11.3. The van der Waals surface area contributed by atoms with Crippen molar-refractivity contribution in [1.82, 2.24) is 29.9 Å². The lowest BCUT2D eigenvalue weighted by molar-refractivity contribution is 0.0793. The molecule has 4 rings (SSSR count). The Morgan fingerprint density at radius 2 is 2.03 bits per heavy atom. The summed E-state index contributed by atoms with van der Waals surface area (Å²) in [5.41, 5.74) is 2.10. The number of benzene rings is 1. The van der Waals surface area contributed by atoms with Gasteiger partial charge in [0.1, 0.15) is 12.3 Å². The van der Waals surface area contributed by atoms with Crippen molar-refractivity contribution >= 4 is 44.7 Å². The molecule has 0 saturated heterocycles. The van der Waals surface area contributed by atoms with E-state index < -0.39 is 13.0 Å². The van der Waals surface area contributed by atoms with Crippen molar-refractivity contribution in [2.45, 2.75) is 24.7 Å². The summed E-state index contributed by atoms with van der Waals surface area (Å²) in [4.78, 5) is 14.3. The van der Waals surface area contributed by atoms with E-state index in [2.05, 4.69) is 45.8 Å². The van der Waals surface area contributed by atoms with Crippen molar-refractivity contribution in [3.63, 3.8) is 0 Å². The van der Waals surface area contributed by atoms with Crippen LogP contribution in [-0.4, -0.2) is 50.1 Å². The Bertz CT molecular complexity index is 1200. The van der Waals surface area contributed by atoms with Crippen LogP contribution in [0.25, 0.3) is 16.6 Å². The molecule has 2 N–H and O–H groups in total. The predicted molar refractivity (Wildman–Crippen MR) is 120 cm³/mol. The van der Waals surface area contributed by atoms with Gasteiger partial charge < -0.3 is 14.5 Å². The molecule has 0 aliphatic rings. The summed E-state index contributed by atoms with van der Waals surface area (Å²) in [5.74, 6) is 0.489. The lowest BCUT2D eigenvalue weighted by Gasteiger charge is -2.14. The number of halogens is 3. The summed E-state index contributed by atoms with van der Waals surface area (Å²) >= 11 is 4.84. The van der Waals surface area contributed by atoms with Crippen molar-refractivity contribution < 1.29 is 18.3 Å². The maximum Gasteiger partial charge on any atom is 0.272 e. The number of aromatic amines is 1. The molecule has 0 radical (unpaired) electrons. The highest BCUT2D eigenvalue weighted by Gasteiger charge is 2.19. The third-order valence-electron chi connectivity index (χ3n) is 4.40. The van der Waals surface area contributed by atoms with E-state index in [9.17, 15) is 8.78 Å². The van der Waals surface area contributed by atoms with Gasteiger partial charge >= 0.3 is 0 Å². The molecule has 32 heavy (non-hydrogen) atoms. The number of alkyl halides is 2. The summed E-state index contributed by atoms with van der Waals surface area (Å²) in [6, 6.07) is 3.88. The highest BCUT2D eigenvalue weighted by molar-refractivity contribution is 9.10. The van der Waals surface area contributed by atoms with E-state index >= 15 is 0 Å². The zero-order valence-electron chi connectivity index (χ0n) is 17.0. The van der Waals surface area contributed by atoms with Crippen LogP contribution in [0.15, 0.2) is 40.1 Å². The minimum atomic E-state index is -2.61. The van der Waals surface area contributed by atoms with Crippen LogP contribution in [0, 0.1) is 0 Å². The molecule has 0 amide bonds. The first-order valence-corrected chi connectivity index (χ1v) is 11.1. The number of rotatable bonds is 9. The Morgan fingerprint density at radius 3 is 2.72 bits per heavy atom. The largest absolute Gasteiger partial charge is 0.480 e. The average Bonchev–Trinajstić information content (AvgIpc) is 3.46. The van der Waals surface area contributed by atoms with Crippen LogP contribution in [0.1, 0.15) is 12.6 Å². The molecule has 1 aromatic carbocycles. The Labute approximate surface area is 194 Å². The van der Waals surface area contributed by atoms with E-state index in [0.717, 1.165) is 26.0 Å². The van der Waals surface area contributed by atoms with Crippen LogP contribution in [0.5, 0.6) is 11.6 Å². The predicted octanol–water partition coefficient (Wildman–Crippen LogP) is 4.64. The van der Waals surface area contributed by atoms with Crippen LogP contribution in [-0.2, 0) is 6.42 Å². The molecule has 0 bridgehead atoms. The van der Waals surface area contributed by atoms with Crippen molar-refractivity contribution in [1.29, 1.82) is 0 Å². The number of nitrogens with one attached hydrogen (secondary N) is 2. The van der Waals surface area contributed by atoms with E-state index in [4.69, 9.17) is 9.47 Å². The highest BCUT2D eigenvalue weighted by Crippen LogP contribution is 2.36. The Morgan fingerprint density at radius 1 is 1.25 bits per heavy atom. The van der Waals surface area contributed by atoms with Gasteiger partial charge in [-0.1, -0.05) is 13.0 Å². The molecule has 0 aliphatic heterocycles. The fourth-order valence-corrected chi connectivity index (χ4v) is 4.21. The van der Waals surface area contributed by atoms with Crippen LogP contribution in [0.3, 0.4) is 0 Å². The van der Waals surface area contributed by atoms with E-state index in [1.807, 2.05) is 25.3 Å². The quantitative estimate of drug-likeness (QED) is 0.305. The fourth-order valence-electron chi connectivity index (χ4n) is 3.03. The zero-order chi connectivity index (χ0) is 22.7. The Hall–Kier alpha value is -2.93. The van der Waals surface area contributed by atoms with Gasteiger partial charge in [0.05, 0.1) is 35.6 Å². The number of fused-ring (bicyclic) bond motifs is 1. The minimum absolute atomic E-state index is 0.0931. The fraction of sp³-hybridized carbons (Fsp3) is 0.263. The molecule has 0 unspecified atom stereocenters. The van der Waals surface area contributed by atoms with Gasteiger partial charge in [-0.2, -0.15) is 15.2 Å². The number of anilines is 1. The summed E-state index contributed by atoms with van der Waals surface area (Å²) in [7, 11) is 1.40. The van der Waals surface area contributed by atoms with Crippen LogP contribution >= 0.6 is 27.9 Å². The van der Waals surface area contributed by atoms with Crippen molar-refractivity contribution in [3.05, 3.63) is 40.9 Å². The second-order valence-corrected chi connectivity index (χ2v) is 8.08. The van der Waals surface area contributed by atoms with Gasteiger partial charge in [-0.3, -0.25) is 4.72 Å². The standard InChI is InChI=1S/C19H18BrF2N7O2S/c1-3-12-17(31-9-14(21)22)18(30-2)27-19(26-12)28-32-13-8-23-15-10(13)4-5-11(20)16(15)29-24-6-7-25-29/h4-8,14,23H,3,9H2,1-2H3,(H,26,27,28). The molecule has 3 aromatic heterocycles. The van der Waals surface area contributed by atoms with Crippen molar-refractivity contribution in [2.24, 2.45) is 0 Å². The van der Waals surface area contributed by atoms with E-state index in [0.29, 0.717) is 12.1 Å². The van der Waals surface area contributed by atoms with E-state index in [1.54, 1.807) is 12.4 Å². The molecule has 0 spiro atoms. The number of H-pyrrole nitrogens is 1. The molecule has 4 aromatic rings. The average molecular weight is 526 g/mol. The van der Waals surface area contributed by atoms with E-state index in [1.165, 1.54) is 23.9 Å². The molecule has 3 heterocycles. The smallest absolute Gasteiger partial charge is 0.272 e. The SMILES string of the molecule is CCc1nc(NSc2c[nH]c3c(-n4nccn4)c(Br)ccc23)nc(OC)c1OCC(F)F. The maximum absolute atomic E-state index is 12.6. The van der Waals surface area contributed by atoms with Crippen molar-refractivity contribution in [3.8, 4) is 17.3 Å². The molecule has 9 nitrogen and oxygen atoms in total. The first-order chi connectivity index (χ1) is 15.5. The lowest BCUT2D eigenvalue weighted by atomic mass is 10.2. The third-order valence-corrected chi connectivity index (χ3v) is 5.88. The first-order valence-electron chi connectivity index (χ1n) is 9.46. The molecule has 0 fully saturated rings. The van der Waals surface area contributed by atoms with Gasteiger partial charge in [-0.15, -0.1) is 4.80 Å². The summed E-state index contributed by atoms with van der Waals surface area (Å²) in [6.07, 6.45) is 2.91. The number of hydrogen-bond acceptors (Lipinski definition) is 8. The monoisotopic (exact) mass is 525 g/mol. The summed E-state index contributed by atoms with van der Waals surface area (Å²) < 4.78 is 39.5. The van der Waals surface area contributed by atoms with Gasteiger partial charge in [-0.25, -0.2) is 13.8 Å². The third kappa shape index (κ3) is 4.48. The van der Waals surface area contributed by atoms with Crippen LogP contribution < -0.4 is 14.2 Å². The number of aryl methyl sites for hydroxylation is 1. The van der Waals surface area contributed by atoms with Gasteiger partial charge in [0, 0.05) is 16.1 Å². The zero-order valence-corrected chi connectivity index (χ0v) is 19.4. The molecule has 13 heteroatoms. The van der Waals surface area contributed by atoms with Gasteiger partial charge in [0.25, 0.3) is 12.3 Å². The van der Waals surface area contributed by atoms with Gasteiger partial charge in [-0.05, 0) is 40.4 Å². The highest BCUT2D eigenvalue weighted by atomic mass is 79.9. The van der Waals surface area contributed by atoms with Crippen molar-refractivity contribution in [2.75, 3.05) is 18.4 Å². The Balaban J connectivity index is 1.60. The lowest BCUT2D eigenvalue weighted by Crippen LogP contribution is -2.11. The topological polar surface area (TPSA) is 103 Å². The number of ether oxygens (including phenoxy) is 2. The summed E-state index contributed by atoms with van der Waals surface area (Å²) in [6.45, 7) is 1.09. The number of nitrogens with zero attached hydrogens (tertiary/aromatic N) is 5. The van der Waals surface area contributed by atoms with Crippen LogP contribution in [0.2, 0.25) is 0 Å². The second kappa shape index (κ2) is 9.69. The van der Waals surface area contributed by atoms with E-state index in [-0.39, 0.29) is 17.6 Å². The molecule has 168 valence electrons. The van der Waals surface area contributed by atoms with Gasteiger partial charge in [0.15, 0.2) is 0 Å². The molecular formula is C19H18BrF2N7O2S. The van der Waals surface area contributed by atoms with Gasteiger partial charge in [0.2, 0.25) is 11.7 Å². The number of hydrogen-bond donors (Lipinski definition) is 2. The molecule has 0 aliphatic carbocycles. The second-order valence-electron chi connectivity index (χ2n) is 6.38. The first kappa shape index (κ1) is 22.3. The molecule has 0 saturated carbocycles. The minimum Gasteiger partial charge on any atom is -0.480 e. The number of methoxy groups -OCH3 is 1. The maximum atomic E-state index is 12.6.